The van der Waals surface area contributed by atoms with Gasteiger partial charge < -0.3 is 4.90 Å². The van der Waals surface area contributed by atoms with Gasteiger partial charge in [0, 0.05) is 25.2 Å². The first-order chi connectivity index (χ1) is 11.4. The molecule has 132 valence electrons. The topological polar surface area (TPSA) is 70.6 Å². The first kappa shape index (κ1) is 17.4. The van der Waals surface area contributed by atoms with Crippen LogP contribution in [0.15, 0.2) is 24.4 Å². The lowest BCUT2D eigenvalue weighted by Crippen LogP contribution is -2.62. The van der Waals surface area contributed by atoms with E-state index < -0.39 is 10.0 Å². The number of carbonyl (C=O) groups is 1. The van der Waals surface area contributed by atoms with Crippen LogP contribution in [0.3, 0.4) is 0 Å². The maximum Gasteiger partial charge on any atom is 0.225 e. The van der Waals surface area contributed by atoms with Gasteiger partial charge >= 0.3 is 0 Å². The van der Waals surface area contributed by atoms with E-state index in [1.807, 2.05) is 23.1 Å². The highest BCUT2D eigenvalue weighted by Crippen LogP contribution is 2.28. The van der Waals surface area contributed by atoms with Crippen LogP contribution >= 0.6 is 0 Å². The molecule has 1 saturated heterocycles. The van der Waals surface area contributed by atoms with Crippen molar-refractivity contribution in [3.8, 4) is 0 Å². The molecule has 24 heavy (non-hydrogen) atoms. The molecule has 1 aliphatic heterocycles. The number of hydrogen-bond donors (Lipinski definition) is 0. The van der Waals surface area contributed by atoms with Crippen LogP contribution < -0.4 is 0 Å². The summed E-state index contributed by atoms with van der Waals surface area (Å²) < 4.78 is 25.8. The molecule has 2 heterocycles. The summed E-state index contributed by atoms with van der Waals surface area (Å²) in [6.07, 6.45) is 8.31. The fourth-order valence-electron chi connectivity index (χ4n) is 3.59. The molecule has 1 saturated carbocycles. The van der Waals surface area contributed by atoms with Crippen LogP contribution in [0.4, 0.5) is 0 Å². The van der Waals surface area contributed by atoms with Crippen molar-refractivity contribution in [2.24, 2.45) is 5.92 Å². The van der Waals surface area contributed by atoms with E-state index in [9.17, 15) is 13.2 Å². The number of aromatic nitrogens is 1. The van der Waals surface area contributed by atoms with Gasteiger partial charge in [-0.1, -0.05) is 25.3 Å². The Hall–Kier alpha value is -1.47. The van der Waals surface area contributed by atoms with E-state index in [4.69, 9.17) is 0 Å². The Bertz CT molecular complexity index is 666. The third kappa shape index (κ3) is 3.95. The number of hydrogen-bond acceptors (Lipinski definition) is 4. The zero-order valence-electron chi connectivity index (χ0n) is 14.1. The quantitative estimate of drug-likeness (QED) is 0.808. The second kappa shape index (κ2) is 7.19. The van der Waals surface area contributed by atoms with Gasteiger partial charge in [0.2, 0.25) is 15.9 Å². The fraction of sp³-hybridized carbons (Fsp3) is 0.647. The smallest absolute Gasteiger partial charge is 0.225 e. The largest absolute Gasteiger partial charge is 0.339 e. The first-order valence-electron chi connectivity index (χ1n) is 8.60. The van der Waals surface area contributed by atoms with Crippen molar-refractivity contribution in [3.63, 3.8) is 0 Å². The van der Waals surface area contributed by atoms with Gasteiger partial charge in [-0.25, -0.2) is 8.42 Å². The molecule has 1 aromatic rings. The fourth-order valence-corrected chi connectivity index (χ4v) is 4.64. The lowest BCUT2D eigenvalue weighted by atomic mass is 9.87. The molecule has 1 amide bonds. The minimum atomic E-state index is -3.34. The maximum absolute atomic E-state index is 12.5. The van der Waals surface area contributed by atoms with E-state index in [0.717, 1.165) is 31.4 Å². The molecule has 0 N–H and O–H groups in total. The van der Waals surface area contributed by atoms with Gasteiger partial charge in [-0.15, -0.1) is 0 Å². The number of amides is 1. The predicted octanol–water partition coefficient (Wildman–Crippen LogP) is 1.63. The van der Waals surface area contributed by atoms with Crippen LogP contribution in [-0.4, -0.2) is 53.9 Å². The Morgan fingerprint density at radius 2 is 1.96 bits per heavy atom. The van der Waals surface area contributed by atoms with Crippen LogP contribution in [0.25, 0.3) is 0 Å². The van der Waals surface area contributed by atoms with Crippen molar-refractivity contribution in [2.75, 3.05) is 19.3 Å². The molecule has 0 spiro atoms. The summed E-state index contributed by atoms with van der Waals surface area (Å²) in [4.78, 5) is 18.5. The van der Waals surface area contributed by atoms with E-state index in [2.05, 4.69) is 4.98 Å². The highest BCUT2D eigenvalue weighted by Gasteiger charge is 2.40. The zero-order chi connectivity index (χ0) is 17.2. The highest BCUT2D eigenvalue weighted by molar-refractivity contribution is 7.88. The van der Waals surface area contributed by atoms with Crippen LogP contribution in [0.1, 0.15) is 37.8 Å². The highest BCUT2D eigenvalue weighted by atomic mass is 32.2. The average Bonchev–Trinajstić information content (AvgIpc) is 2.53. The second-order valence-corrected chi connectivity index (χ2v) is 8.80. The van der Waals surface area contributed by atoms with Gasteiger partial charge in [-0.2, -0.15) is 4.31 Å². The summed E-state index contributed by atoms with van der Waals surface area (Å²) in [5.41, 5.74) is 0.722. The maximum atomic E-state index is 12.5. The van der Waals surface area contributed by atoms with Gasteiger partial charge in [0.05, 0.1) is 24.5 Å². The summed E-state index contributed by atoms with van der Waals surface area (Å²) in [7, 11) is -3.34. The summed E-state index contributed by atoms with van der Waals surface area (Å²) >= 11 is 0. The van der Waals surface area contributed by atoms with E-state index in [0.29, 0.717) is 13.1 Å². The van der Waals surface area contributed by atoms with E-state index in [-0.39, 0.29) is 24.4 Å². The molecule has 0 unspecified atom stereocenters. The van der Waals surface area contributed by atoms with Crippen molar-refractivity contribution >= 4 is 15.9 Å². The third-order valence-corrected chi connectivity index (χ3v) is 6.28. The zero-order valence-corrected chi connectivity index (χ0v) is 14.9. The second-order valence-electron chi connectivity index (χ2n) is 6.86. The van der Waals surface area contributed by atoms with Gasteiger partial charge in [0.25, 0.3) is 0 Å². The Morgan fingerprint density at radius 1 is 1.25 bits per heavy atom. The molecule has 0 aromatic carbocycles. The molecule has 0 atom stereocenters. The summed E-state index contributed by atoms with van der Waals surface area (Å²) in [6, 6.07) is 5.33. The van der Waals surface area contributed by atoms with Crippen molar-refractivity contribution in [1.82, 2.24) is 14.2 Å². The number of sulfonamides is 1. The normalized spacial score (nSPS) is 20.2. The molecular weight excluding hydrogens is 326 g/mol. The van der Waals surface area contributed by atoms with Crippen molar-refractivity contribution < 1.29 is 13.2 Å². The SMILES string of the molecule is CS(=O)(=O)N(Cc1ccccn1)C1CN(C(=O)C2CCCCC2)C1. The molecule has 2 aliphatic rings. The van der Waals surface area contributed by atoms with Crippen LogP contribution in [0.2, 0.25) is 0 Å². The first-order valence-corrected chi connectivity index (χ1v) is 10.5. The number of nitrogens with zero attached hydrogens (tertiary/aromatic N) is 3. The lowest BCUT2D eigenvalue weighted by molar-refractivity contribution is -0.143. The summed E-state index contributed by atoms with van der Waals surface area (Å²) in [6.45, 7) is 1.25. The average molecular weight is 351 g/mol. The van der Waals surface area contributed by atoms with Crippen molar-refractivity contribution in [1.29, 1.82) is 0 Å². The number of likely N-dealkylation sites (tertiary alicyclic amines) is 1. The standard InChI is InChI=1S/C17H25N3O3S/c1-24(22,23)20(11-15-9-5-6-10-18-15)16-12-19(13-16)17(21)14-7-3-2-4-8-14/h5-6,9-10,14,16H,2-4,7-8,11-13H2,1H3. The lowest BCUT2D eigenvalue weighted by Gasteiger charge is -2.45. The molecular formula is C17H25N3O3S. The predicted molar refractivity (Wildman–Crippen MR) is 91.6 cm³/mol. The van der Waals surface area contributed by atoms with Gasteiger partial charge in [0.15, 0.2) is 0 Å². The Balaban J connectivity index is 1.61. The van der Waals surface area contributed by atoms with E-state index >= 15 is 0 Å². The van der Waals surface area contributed by atoms with Gasteiger partial charge in [0.1, 0.15) is 0 Å². The third-order valence-electron chi connectivity index (χ3n) is 5.01. The molecule has 0 bridgehead atoms. The van der Waals surface area contributed by atoms with Crippen molar-refractivity contribution in [2.45, 2.75) is 44.7 Å². The Morgan fingerprint density at radius 3 is 2.54 bits per heavy atom. The monoisotopic (exact) mass is 351 g/mol. The molecule has 0 radical (unpaired) electrons. The Labute approximate surface area is 143 Å². The molecule has 6 nitrogen and oxygen atoms in total. The summed E-state index contributed by atoms with van der Waals surface area (Å²) in [5, 5.41) is 0. The number of carbonyl (C=O) groups excluding carboxylic acids is 1. The molecule has 2 fully saturated rings. The van der Waals surface area contributed by atoms with Crippen LogP contribution in [0.5, 0.6) is 0 Å². The van der Waals surface area contributed by atoms with Crippen molar-refractivity contribution in [3.05, 3.63) is 30.1 Å². The van der Waals surface area contributed by atoms with Crippen LogP contribution in [-0.2, 0) is 21.4 Å². The molecule has 1 aromatic heterocycles. The molecule has 3 rings (SSSR count). The van der Waals surface area contributed by atoms with E-state index in [1.54, 1.807) is 6.20 Å². The minimum absolute atomic E-state index is 0.141. The van der Waals surface area contributed by atoms with Gasteiger partial charge in [-0.3, -0.25) is 9.78 Å². The Kier molecular flexibility index (Phi) is 5.20. The van der Waals surface area contributed by atoms with E-state index in [1.165, 1.54) is 17.0 Å². The summed E-state index contributed by atoms with van der Waals surface area (Å²) in [5.74, 6) is 0.347. The molecule has 1 aliphatic carbocycles. The number of pyridine rings is 1. The van der Waals surface area contributed by atoms with Crippen LogP contribution in [0, 0.1) is 5.92 Å². The number of rotatable bonds is 5. The molecule has 7 heteroatoms. The van der Waals surface area contributed by atoms with Gasteiger partial charge in [-0.05, 0) is 25.0 Å². The minimum Gasteiger partial charge on any atom is -0.339 e.